The zero-order chi connectivity index (χ0) is 21.6. The summed E-state index contributed by atoms with van der Waals surface area (Å²) in [4.78, 5) is 26.0. The van der Waals surface area contributed by atoms with E-state index < -0.39 is 42.5 Å². The summed E-state index contributed by atoms with van der Waals surface area (Å²) in [5.41, 5.74) is 0.476. The van der Waals surface area contributed by atoms with E-state index in [2.05, 4.69) is 20.1 Å². The molecular weight excluding hydrogens is 424 g/mol. The van der Waals surface area contributed by atoms with Gasteiger partial charge in [0.2, 0.25) is 5.91 Å². The molecular formula is C18H19F2N3O6S. The zero-order valence-corrected chi connectivity index (χ0v) is 16.5. The molecule has 1 aromatic rings. The number of thioether (sulfide) groups is 1. The molecule has 1 fully saturated rings. The SMILES string of the molecule is C[C@@H](NC(O)N1C(=O)[C@H](CC2=CNCS2)[C@H]1C(=O)O)c1ccc2c(c1)OC(F)(F)O2. The van der Waals surface area contributed by atoms with Crippen molar-refractivity contribution < 1.29 is 38.1 Å². The van der Waals surface area contributed by atoms with Gasteiger partial charge < -0.3 is 25.0 Å². The van der Waals surface area contributed by atoms with Gasteiger partial charge in [0, 0.05) is 17.1 Å². The predicted octanol–water partition coefficient (Wildman–Crippen LogP) is 1.37. The van der Waals surface area contributed by atoms with Crippen LogP contribution in [0, 0.1) is 5.92 Å². The van der Waals surface area contributed by atoms with Gasteiger partial charge in [-0.2, -0.15) is 0 Å². The smallest absolute Gasteiger partial charge is 0.480 e. The Morgan fingerprint density at radius 1 is 1.43 bits per heavy atom. The lowest BCUT2D eigenvalue weighted by molar-refractivity contribution is -0.286. The molecule has 0 aromatic heterocycles. The van der Waals surface area contributed by atoms with Crippen LogP contribution in [0.3, 0.4) is 0 Å². The first-order chi connectivity index (χ1) is 14.2. The highest BCUT2D eigenvalue weighted by molar-refractivity contribution is 8.03. The lowest BCUT2D eigenvalue weighted by Crippen LogP contribution is -2.70. The number of carboxylic acids is 1. The average molecular weight is 443 g/mol. The maximum atomic E-state index is 13.2. The van der Waals surface area contributed by atoms with Crippen LogP contribution >= 0.6 is 11.8 Å². The minimum Gasteiger partial charge on any atom is -0.480 e. The van der Waals surface area contributed by atoms with E-state index in [0.717, 1.165) is 9.81 Å². The maximum absolute atomic E-state index is 13.2. The first-order valence-corrected chi connectivity index (χ1v) is 10.1. The van der Waals surface area contributed by atoms with E-state index in [0.29, 0.717) is 11.4 Å². The van der Waals surface area contributed by atoms with E-state index in [4.69, 9.17) is 0 Å². The van der Waals surface area contributed by atoms with Crippen molar-refractivity contribution in [1.82, 2.24) is 15.5 Å². The highest BCUT2D eigenvalue weighted by Gasteiger charge is 2.54. The Balaban J connectivity index is 1.42. The van der Waals surface area contributed by atoms with Gasteiger partial charge in [-0.1, -0.05) is 6.07 Å². The van der Waals surface area contributed by atoms with E-state index >= 15 is 0 Å². The number of carboxylic acid groups (broad SMARTS) is 1. The van der Waals surface area contributed by atoms with Crippen LogP contribution in [0.2, 0.25) is 0 Å². The van der Waals surface area contributed by atoms with E-state index in [1.54, 1.807) is 13.1 Å². The molecule has 4 N–H and O–H groups in total. The highest BCUT2D eigenvalue weighted by atomic mass is 32.2. The number of hydrogen-bond acceptors (Lipinski definition) is 8. The molecule has 30 heavy (non-hydrogen) atoms. The molecule has 3 aliphatic rings. The number of fused-ring (bicyclic) bond motifs is 1. The predicted molar refractivity (Wildman–Crippen MR) is 100 cm³/mol. The second-order valence-electron chi connectivity index (χ2n) is 7.08. The zero-order valence-electron chi connectivity index (χ0n) is 15.7. The minimum atomic E-state index is -3.74. The lowest BCUT2D eigenvalue weighted by atomic mass is 9.84. The van der Waals surface area contributed by atoms with Crippen LogP contribution in [0.5, 0.6) is 11.5 Å². The quantitative estimate of drug-likeness (QED) is 0.366. The van der Waals surface area contributed by atoms with Gasteiger partial charge in [0.25, 0.3) is 0 Å². The van der Waals surface area contributed by atoms with E-state index in [-0.39, 0.29) is 17.9 Å². The summed E-state index contributed by atoms with van der Waals surface area (Å²) in [5.74, 6) is -2.05. The largest absolute Gasteiger partial charge is 0.586 e. The number of halogens is 2. The minimum absolute atomic E-state index is 0.114. The fourth-order valence-corrected chi connectivity index (χ4v) is 4.46. The summed E-state index contributed by atoms with van der Waals surface area (Å²) < 4.78 is 35.1. The number of nitrogens with one attached hydrogen (secondary N) is 2. The molecule has 3 heterocycles. The Morgan fingerprint density at radius 2 is 2.17 bits per heavy atom. The Labute approximate surface area is 174 Å². The molecule has 3 aliphatic heterocycles. The van der Waals surface area contributed by atoms with Crippen LogP contribution in [-0.4, -0.2) is 51.6 Å². The topological polar surface area (TPSA) is 120 Å². The standard InChI is InChI=1S/C18H19F2N3O6S/c1-8(9-2-3-12-13(4-9)29-18(19,20)28-12)22-17(27)23-14(16(25)26)11(15(23)24)5-10-6-21-7-30-10/h2-4,6,8,11,14,17,21-22,27H,5,7H2,1H3,(H,25,26)/t8-,11-,14+,17?/m1/s1. The van der Waals surface area contributed by atoms with Crippen LogP contribution in [0.25, 0.3) is 0 Å². The van der Waals surface area contributed by atoms with Crippen molar-refractivity contribution in [3.05, 3.63) is 34.9 Å². The lowest BCUT2D eigenvalue weighted by Gasteiger charge is -2.47. The number of β-lactam (4-membered cyclic amide) rings is 1. The molecule has 4 rings (SSSR count). The second kappa shape index (κ2) is 7.60. The third-order valence-corrected chi connectivity index (χ3v) is 6.08. The Morgan fingerprint density at radius 3 is 2.83 bits per heavy atom. The first kappa shape index (κ1) is 20.7. The molecule has 12 heteroatoms. The van der Waals surface area contributed by atoms with Crippen molar-refractivity contribution in [3.63, 3.8) is 0 Å². The van der Waals surface area contributed by atoms with Crippen molar-refractivity contribution in [1.29, 1.82) is 0 Å². The Hall–Kier alpha value is -2.57. The van der Waals surface area contributed by atoms with Crippen molar-refractivity contribution in [2.45, 2.75) is 38.1 Å². The van der Waals surface area contributed by atoms with Gasteiger partial charge in [-0.05, 0) is 31.0 Å². The molecule has 1 amide bonds. The van der Waals surface area contributed by atoms with Crippen LogP contribution < -0.4 is 20.1 Å². The molecule has 0 saturated carbocycles. The number of hydrogen-bond donors (Lipinski definition) is 4. The number of carbonyl (C=O) groups is 2. The molecule has 1 saturated heterocycles. The van der Waals surface area contributed by atoms with E-state index in [1.807, 2.05) is 0 Å². The van der Waals surface area contributed by atoms with E-state index in [1.165, 1.54) is 30.0 Å². The summed E-state index contributed by atoms with van der Waals surface area (Å²) in [6.07, 6.45) is -3.28. The van der Waals surface area contributed by atoms with Crippen LogP contribution in [0.15, 0.2) is 29.3 Å². The number of aliphatic carboxylic acids is 1. The summed E-state index contributed by atoms with van der Waals surface area (Å²) in [6, 6.07) is 2.35. The van der Waals surface area contributed by atoms with Crippen LogP contribution in [-0.2, 0) is 9.59 Å². The van der Waals surface area contributed by atoms with Crippen molar-refractivity contribution in [2.24, 2.45) is 5.92 Å². The van der Waals surface area contributed by atoms with Gasteiger partial charge in [-0.15, -0.1) is 20.5 Å². The number of likely N-dealkylation sites (tertiary alicyclic amines) is 1. The summed E-state index contributed by atoms with van der Waals surface area (Å²) in [7, 11) is 0. The van der Waals surface area contributed by atoms with Crippen LogP contribution in [0.1, 0.15) is 24.9 Å². The molecule has 0 aliphatic carbocycles. The Bertz CT molecular complexity index is 914. The first-order valence-electron chi connectivity index (χ1n) is 9.10. The third-order valence-electron chi connectivity index (χ3n) is 5.12. The second-order valence-corrected chi connectivity index (χ2v) is 8.18. The number of amides is 1. The van der Waals surface area contributed by atoms with E-state index in [9.17, 15) is 28.6 Å². The number of allylic oxidation sites excluding steroid dienone is 1. The van der Waals surface area contributed by atoms with Crippen molar-refractivity contribution >= 4 is 23.6 Å². The molecule has 1 aromatic carbocycles. The normalized spacial score (nSPS) is 25.9. The number of carbonyl (C=O) groups excluding carboxylic acids is 1. The average Bonchev–Trinajstić information content (AvgIpc) is 3.27. The number of aliphatic hydroxyl groups is 1. The van der Waals surface area contributed by atoms with Gasteiger partial charge in [0.1, 0.15) is 6.04 Å². The number of nitrogens with zero attached hydrogens (tertiary/aromatic N) is 1. The Kier molecular flexibility index (Phi) is 5.24. The molecule has 0 radical (unpaired) electrons. The fourth-order valence-electron chi connectivity index (χ4n) is 3.64. The molecule has 0 bridgehead atoms. The van der Waals surface area contributed by atoms with Gasteiger partial charge in [-0.25, -0.2) is 4.79 Å². The van der Waals surface area contributed by atoms with Crippen molar-refractivity contribution in [3.8, 4) is 11.5 Å². The molecule has 162 valence electrons. The van der Waals surface area contributed by atoms with Gasteiger partial charge in [0.05, 0.1) is 11.8 Å². The van der Waals surface area contributed by atoms with Crippen molar-refractivity contribution in [2.75, 3.05) is 5.88 Å². The van der Waals surface area contributed by atoms with Gasteiger partial charge in [0.15, 0.2) is 17.9 Å². The third kappa shape index (κ3) is 3.77. The van der Waals surface area contributed by atoms with Crippen LogP contribution in [0.4, 0.5) is 8.78 Å². The molecule has 9 nitrogen and oxygen atoms in total. The fraction of sp³-hybridized carbons (Fsp3) is 0.444. The number of benzene rings is 1. The molecule has 1 unspecified atom stereocenters. The number of aliphatic hydroxyl groups excluding tert-OH is 1. The van der Waals surface area contributed by atoms with Gasteiger partial charge >= 0.3 is 12.3 Å². The molecule has 4 atom stereocenters. The summed E-state index contributed by atoms with van der Waals surface area (Å²) >= 11 is 1.50. The monoisotopic (exact) mass is 443 g/mol. The number of rotatable bonds is 7. The highest BCUT2D eigenvalue weighted by Crippen LogP contribution is 2.42. The summed E-state index contributed by atoms with van der Waals surface area (Å²) in [6.45, 7) is 1.63. The summed E-state index contributed by atoms with van der Waals surface area (Å²) in [5, 5.41) is 25.7. The number of alkyl halides is 2. The maximum Gasteiger partial charge on any atom is 0.586 e. The van der Waals surface area contributed by atoms with Gasteiger partial charge in [-0.3, -0.25) is 15.0 Å². The molecule has 0 spiro atoms. The number of ether oxygens (including phenoxy) is 2.